The number of hydrogen-bond acceptors (Lipinski definition) is 12. The average Bonchev–Trinajstić information content (AvgIpc) is 3.57. The van der Waals surface area contributed by atoms with Crippen LogP contribution in [0, 0.1) is 18.6 Å². The van der Waals surface area contributed by atoms with E-state index in [1.165, 1.54) is 17.6 Å². The van der Waals surface area contributed by atoms with E-state index in [1.54, 1.807) is 37.6 Å². The highest BCUT2D eigenvalue weighted by Gasteiger charge is 2.26. The van der Waals surface area contributed by atoms with Crippen LogP contribution in [-0.2, 0) is 25.4 Å². The van der Waals surface area contributed by atoms with Crippen molar-refractivity contribution in [2.45, 2.75) is 37.3 Å². The number of ether oxygens (including phenoxy) is 1. The van der Waals surface area contributed by atoms with Gasteiger partial charge in [-0.05, 0) is 48.4 Å². The summed E-state index contributed by atoms with van der Waals surface area (Å²) in [6, 6.07) is 15.5. The summed E-state index contributed by atoms with van der Waals surface area (Å²) in [7, 11) is -5.75. The molecule has 286 valence electrons. The van der Waals surface area contributed by atoms with Crippen LogP contribution in [0.15, 0.2) is 71.8 Å². The molecule has 54 heavy (non-hydrogen) atoms. The fourth-order valence-electron chi connectivity index (χ4n) is 6.29. The predicted molar refractivity (Wildman–Crippen MR) is 209 cm³/mol. The van der Waals surface area contributed by atoms with Crippen LogP contribution in [0.4, 0.5) is 26.1 Å². The molecule has 1 N–H and O–H groups in total. The van der Waals surface area contributed by atoms with Crippen molar-refractivity contribution in [3.05, 3.63) is 94.6 Å². The van der Waals surface area contributed by atoms with Crippen molar-refractivity contribution in [1.29, 1.82) is 0 Å². The Kier molecular flexibility index (Phi) is 11.7. The monoisotopic (exact) mass is 796 g/mol. The Morgan fingerprint density at radius 3 is 2.31 bits per heavy atom. The second-order valence-corrected chi connectivity index (χ2v) is 18.8. The summed E-state index contributed by atoms with van der Waals surface area (Å²) in [4.78, 5) is 18.5. The lowest BCUT2D eigenvalue weighted by molar-refractivity contribution is 0.272. The van der Waals surface area contributed by atoms with E-state index in [9.17, 15) is 25.6 Å². The summed E-state index contributed by atoms with van der Waals surface area (Å²) in [6.45, 7) is 9.63. The van der Waals surface area contributed by atoms with E-state index in [1.807, 2.05) is 39.0 Å². The van der Waals surface area contributed by atoms with Crippen LogP contribution in [0.1, 0.15) is 35.9 Å². The van der Waals surface area contributed by atoms with Gasteiger partial charge >= 0.3 is 0 Å². The van der Waals surface area contributed by atoms with Crippen LogP contribution < -0.4 is 15.0 Å². The minimum absolute atomic E-state index is 0.0933. The number of aryl methyl sites for hydroxylation is 1. The molecule has 0 unspecified atom stereocenters. The number of sulfone groups is 2. The molecular weight excluding hydrogens is 755 g/mol. The number of nitrogens with zero attached hydrogens (tertiary/aromatic N) is 5. The van der Waals surface area contributed by atoms with Crippen molar-refractivity contribution in [2.75, 3.05) is 62.1 Å². The van der Waals surface area contributed by atoms with Gasteiger partial charge in [0, 0.05) is 68.4 Å². The molecule has 1 saturated heterocycles. The van der Waals surface area contributed by atoms with E-state index in [2.05, 4.69) is 20.1 Å². The van der Waals surface area contributed by atoms with Crippen molar-refractivity contribution in [3.8, 4) is 27.6 Å². The minimum Gasteiger partial charge on any atom is -0.494 e. The number of anilines is 3. The average molecular weight is 797 g/mol. The first kappa shape index (κ1) is 39.2. The normalized spacial score (nSPS) is 14.1. The third-order valence-electron chi connectivity index (χ3n) is 9.07. The molecule has 3 aromatic carbocycles. The third-order valence-corrected chi connectivity index (χ3v) is 13.1. The Hall–Kier alpha value is -4.51. The van der Waals surface area contributed by atoms with Crippen molar-refractivity contribution >= 4 is 48.3 Å². The minimum atomic E-state index is -4.34. The van der Waals surface area contributed by atoms with E-state index in [0.29, 0.717) is 46.4 Å². The number of methoxy groups -OCH3 is 1. The highest BCUT2D eigenvalue weighted by atomic mass is 32.2. The number of nitrogens with one attached hydrogen (secondary N) is 1. The second kappa shape index (κ2) is 16.1. The van der Waals surface area contributed by atoms with Gasteiger partial charge in [-0.1, -0.05) is 38.1 Å². The van der Waals surface area contributed by atoms with Crippen molar-refractivity contribution in [1.82, 2.24) is 19.9 Å². The fourth-order valence-corrected chi connectivity index (χ4v) is 9.43. The van der Waals surface area contributed by atoms with Gasteiger partial charge in [-0.15, -0.1) is 11.3 Å². The molecule has 1 fully saturated rings. The lowest BCUT2D eigenvalue weighted by Crippen LogP contribution is -2.47. The van der Waals surface area contributed by atoms with Gasteiger partial charge < -0.3 is 15.0 Å². The van der Waals surface area contributed by atoms with E-state index < -0.39 is 42.0 Å². The number of thiazole rings is 1. The van der Waals surface area contributed by atoms with Gasteiger partial charge in [-0.2, -0.15) is 0 Å². The van der Waals surface area contributed by atoms with Crippen molar-refractivity contribution in [3.63, 3.8) is 0 Å². The summed E-state index contributed by atoms with van der Waals surface area (Å²) in [5.74, 6) is -1.69. The molecular formula is C38H42F2N6O5S3. The van der Waals surface area contributed by atoms with Gasteiger partial charge in [-0.3, -0.25) is 4.90 Å². The topological polar surface area (TPSA) is 135 Å². The molecule has 0 bridgehead atoms. The van der Waals surface area contributed by atoms with Crippen LogP contribution in [0.25, 0.3) is 21.8 Å². The maximum absolute atomic E-state index is 14.4. The maximum atomic E-state index is 14.4. The van der Waals surface area contributed by atoms with E-state index in [0.717, 1.165) is 65.5 Å². The summed E-state index contributed by atoms with van der Waals surface area (Å²) >= 11 is 1.47. The molecule has 6 rings (SSSR count). The second-order valence-electron chi connectivity index (χ2n) is 13.6. The van der Waals surface area contributed by atoms with E-state index >= 15 is 0 Å². The van der Waals surface area contributed by atoms with Gasteiger partial charge in [0.2, 0.25) is 5.95 Å². The standard InChI is InChI=1S/C38H42F2N6O5S3/c1-24(2)37-44-34(27-9-6-8-26(21-27)23-54(49,50)36-28(39)10-7-11-29(36)40)35(52-37)30-12-13-41-38(42-30)43-31-20-25(3)32(22-33(31)51-4)46-16-14-45(15-17-46)18-19-53(5,47)48/h6-13,20-22,24H,14-19,23H2,1-5H3,(H,41,42,43). The SMILES string of the molecule is COc1cc(N2CCN(CCS(C)(=O)=O)CC2)c(C)cc1Nc1nccc(-c2sc(C(C)C)nc2-c2cccc(CS(=O)(=O)c3c(F)cccc3F)c2)n1. The van der Waals surface area contributed by atoms with Crippen LogP contribution >= 0.6 is 11.3 Å². The molecule has 0 aliphatic carbocycles. The lowest BCUT2D eigenvalue weighted by atomic mass is 10.1. The lowest BCUT2D eigenvalue weighted by Gasteiger charge is -2.37. The number of halogens is 2. The summed E-state index contributed by atoms with van der Waals surface area (Å²) in [5, 5.41) is 4.17. The highest BCUT2D eigenvalue weighted by Crippen LogP contribution is 2.40. The Morgan fingerprint density at radius 1 is 0.944 bits per heavy atom. The Morgan fingerprint density at radius 2 is 1.65 bits per heavy atom. The summed E-state index contributed by atoms with van der Waals surface area (Å²) in [6.07, 6.45) is 2.91. The zero-order valence-corrected chi connectivity index (χ0v) is 33.1. The molecule has 2 aromatic heterocycles. The van der Waals surface area contributed by atoms with Gasteiger partial charge in [0.25, 0.3) is 0 Å². The molecule has 5 aromatic rings. The van der Waals surface area contributed by atoms with Gasteiger partial charge in [0.1, 0.15) is 32.1 Å². The molecule has 0 saturated carbocycles. The van der Waals surface area contributed by atoms with Gasteiger partial charge in [-0.25, -0.2) is 40.6 Å². The number of rotatable bonds is 13. The zero-order chi connectivity index (χ0) is 38.8. The molecule has 1 aliphatic rings. The van der Waals surface area contributed by atoms with Crippen LogP contribution in [0.3, 0.4) is 0 Å². The molecule has 0 atom stereocenters. The first-order valence-corrected chi connectivity index (χ1v) is 21.9. The fraction of sp³-hybridized carbons (Fsp3) is 0.342. The molecule has 1 aliphatic heterocycles. The highest BCUT2D eigenvalue weighted by molar-refractivity contribution is 7.91. The van der Waals surface area contributed by atoms with Crippen molar-refractivity contribution in [2.24, 2.45) is 0 Å². The number of piperazine rings is 1. The molecule has 0 radical (unpaired) electrons. The zero-order valence-electron chi connectivity index (χ0n) is 30.6. The number of hydrogen-bond donors (Lipinski definition) is 1. The van der Waals surface area contributed by atoms with E-state index in [-0.39, 0.29) is 11.7 Å². The molecule has 0 spiro atoms. The number of aromatic nitrogens is 3. The van der Waals surface area contributed by atoms with Gasteiger partial charge in [0.05, 0.1) is 45.6 Å². The molecule has 11 nitrogen and oxygen atoms in total. The Bertz CT molecular complexity index is 2360. The smallest absolute Gasteiger partial charge is 0.227 e. The predicted octanol–water partition coefficient (Wildman–Crippen LogP) is 6.87. The Labute approximate surface area is 318 Å². The van der Waals surface area contributed by atoms with E-state index in [4.69, 9.17) is 14.7 Å². The largest absolute Gasteiger partial charge is 0.494 e. The number of benzene rings is 3. The van der Waals surface area contributed by atoms with Crippen LogP contribution in [-0.4, -0.2) is 88.5 Å². The van der Waals surface area contributed by atoms with Crippen molar-refractivity contribution < 1.29 is 30.4 Å². The first-order chi connectivity index (χ1) is 25.6. The third kappa shape index (κ3) is 9.05. The molecule has 16 heteroatoms. The maximum Gasteiger partial charge on any atom is 0.227 e. The summed E-state index contributed by atoms with van der Waals surface area (Å²) in [5.41, 5.74) is 4.90. The molecule has 0 amide bonds. The first-order valence-electron chi connectivity index (χ1n) is 17.3. The quantitative estimate of drug-likeness (QED) is 0.134. The Balaban J connectivity index is 1.25. The van der Waals surface area contributed by atoms with Crippen LogP contribution in [0.5, 0.6) is 5.75 Å². The van der Waals surface area contributed by atoms with Gasteiger partial charge in [0.15, 0.2) is 9.84 Å². The molecule has 3 heterocycles. The van der Waals surface area contributed by atoms with Crippen LogP contribution in [0.2, 0.25) is 0 Å². The summed E-state index contributed by atoms with van der Waals surface area (Å²) < 4.78 is 84.2.